The number of carboxylic acids is 1. The Morgan fingerprint density at radius 1 is 1.61 bits per heavy atom. The number of hydrogen-bond acceptors (Lipinski definition) is 6. The molecule has 0 aromatic carbocycles. The number of nitrogens with zero attached hydrogens (tertiary/aromatic N) is 2. The van der Waals surface area contributed by atoms with Crippen molar-refractivity contribution in [3.05, 3.63) is 11.1 Å². The fraction of sp³-hybridized carbons (Fsp3) is 0.667. The summed E-state index contributed by atoms with van der Waals surface area (Å²) in [7, 11) is 0. The summed E-state index contributed by atoms with van der Waals surface area (Å²) in [6.07, 6.45) is 1.54. The molecule has 1 aliphatic heterocycles. The van der Waals surface area contributed by atoms with Crippen LogP contribution in [0.25, 0.3) is 0 Å². The van der Waals surface area contributed by atoms with E-state index in [0.717, 1.165) is 29.6 Å². The van der Waals surface area contributed by atoms with Crippen LogP contribution in [-0.4, -0.2) is 58.3 Å². The van der Waals surface area contributed by atoms with Crippen LogP contribution >= 0.6 is 23.1 Å². The number of rotatable bonds is 9. The Hall–Kier alpha value is -1.12. The predicted octanol–water partition coefficient (Wildman–Crippen LogP) is 2.17. The molecule has 1 atom stereocenters. The molecule has 23 heavy (non-hydrogen) atoms. The van der Waals surface area contributed by atoms with E-state index in [1.165, 1.54) is 23.1 Å². The fourth-order valence-electron chi connectivity index (χ4n) is 2.50. The van der Waals surface area contributed by atoms with Crippen molar-refractivity contribution in [1.29, 1.82) is 0 Å². The Balaban J connectivity index is 1.77. The van der Waals surface area contributed by atoms with E-state index in [2.05, 4.69) is 24.1 Å². The van der Waals surface area contributed by atoms with Gasteiger partial charge in [0.15, 0.2) is 10.0 Å². The molecule has 2 rings (SSSR count). The van der Waals surface area contributed by atoms with Gasteiger partial charge in [-0.15, -0.1) is 11.3 Å². The number of carbonyl (C=O) groups excluding carboxylic acids is 1. The highest BCUT2D eigenvalue weighted by Gasteiger charge is 2.30. The maximum Gasteiger partial charge on any atom is 0.355 e. The van der Waals surface area contributed by atoms with E-state index in [9.17, 15) is 9.59 Å². The minimum absolute atomic E-state index is 0.0884. The molecule has 1 aromatic rings. The summed E-state index contributed by atoms with van der Waals surface area (Å²) in [5.41, 5.74) is 0.0884. The Morgan fingerprint density at radius 2 is 2.39 bits per heavy atom. The molecule has 6 nitrogen and oxygen atoms in total. The van der Waals surface area contributed by atoms with Crippen LogP contribution < -0.4 is 5.32 Å². The van der Waals surface area contributed by atoms with Gasteiger partial charge < -0.3 is 15.3 Å². The lowest BCUT2D eigenvalue weighted by atomic mass is 10.2. The molecule has 0 bridgehead atoms. The SMILES string of the molecule is CC(C)CNCC1CCC(=O)N1CCSc1nc(C(=O)O)cs1. The van der Waals surface area contributed by atoms with Crippen LogP contribution in [0, 0.1) is 5.92 Å². The van der Waals surface area contributed by atoms with E-state index in [4.69, 9.17) is 5.11 Å². The van der Waals surface area contributed by atoms with Gasteiger partial charge in [-0.1, -0.05) is 25.6 Å². The van der Waals surface area contributed by atoms with Crippen LogP contribution in [0.15, 0.2) is 9.72 Å². The van der Waals surface area contributed by atoms with Gasteiger partial charge in [0, 0.05) is 36.7 Å². The van der Waals surface area contributed by atoms with Gasteiger partial charge in [0.2, 0.25) is 5.91 Å². The molecule has 1 fully saturated rings. The quantitative estimate of drug-likeness (QED) is 0.659. The second-order valence-corrected chi connectivity index (χ2v) is 8.18. The zero-order valence-electron chi connectivity index (χ0n) is 13.4. The average Bonchev–Trinajstić information content (AvgIpc) is 3.08. The number of carbonyl (C=O) groups is 2. The lowest BCUT2D eigenvalue weighted by molar-refractivity contribution is -0.128. The van der Waals surface area contributed by atoms with E-state index < -0.39 is 5.97 Å². The lowest BCUT2D eigenvalue weighted by Gasteiger charge is -2.25. The normalized spacial score (nSPS) is 18.1. The Labute approximate surface area is 144 Å². The number of aromatic carboxylic acids is 1. The van der Waals surface area contributed by atoms with E-state index in [-0.39, 0.29) is 17.6 Å². The highest BCUT2D eigenvalue weighted by molar-refractivity contribution is 8.01. The van der Waals surface area contributed by atoms with Crippen molar-refractivity contribution >= 4 is 35.0 Å². The number of nitrogens with one attached hydrogen (secondary N) is 1. The third-order valence-electron chi connectivity index (χ3n) is 3.65. The smallest absolute Gasteiger partial charge is 0.355 e. The Bertz CT molecular complexity index is 548. The third-order valence-corrected chi connectivity index (χ3v) is 5.65. The molecule has 1 amide bonds. The lowest BCUT2D eigenvalue weighted by Crippen LogP contribution is -2.41. The number of carboxylic acid groups (broad SMARTS) is 1. The zero-order valence-corrected chi connectivity index (χ0v) is 15.1. The van der Waals surface area contributed by atoms with Gasteiger partial charge in [-0.05, 0) is 18.9 Å². The van der Waals surface area contributed by atoms with Gasteiger partial charge in [-0.2, -0.15) is 0 Å². The first-order valence-corrected chi connectivity index (χ1v) is 9.65. The van der Waals surface area contributed by atoms with Crippen LogP contribution in [-0.2, 0) is 4.79 Å². The summed E-state index contributed by atoms with van der Waals surface area (Å²) in [5, 5.41) is 13.8. The summed E-state index contributed by atoms with van der Waals surface area (Å²) in [6, 6.07) is 0.271. The molecule has 2 heterocycles. The summed E-state index contributed by atoms with van der Waals surface area (Å²) >= 11 is 2.84. The molecule has 0 saturated carbocycles. The molecule has 8 heteroatoms. The highest BCUT2D eigenvalue weighted by Crippen LogP contribution is 2.24. The number of aromatic nitrogens is 1. The van der Waals surface area contributed by atoms with Crippen molar-refractivity contribution in [3.8, 4) is 0 Å². The van der Waals surface area contributed by atoms with Gasteiger partial charge in [0.05, 0.1) is 0 Å². The van der Waals surface area contributed by atoms with Crippen molar-refractivity contribution < 1.29 is 14.7 Å². The first kappa shape index (κ1) is 18.2. The second-order valence-electron chi connectivity index (χ2n) is 5.98. The molecular weight excluding hydrogens is 334 g/mol. The van der Waals surface area contributed by atoms with Gasteiger partial charge in [0.1, 0.15) is 0 Å². The summed E-state index contributed by atoms with van der Waals surface area (Å²) < 4.78 is 0.739. The van der Waals surface area contributed by atoms with Crippen LogP contribution in [0.1, 0.15) is 37.2 Å². The van der Waals surface area contributed by atoms with Crippen molar-refractivity contribution in [3.63, 3.8) is 0 Å². The van der Waals surface area contributed by atoms with Crippen molar-refractivity contribution in [2.75, 3.05) is 25.4 Å². The number of thioether (sulfide) groups is 1. The van der Waals surface area contributed by atoms with E-state index in [1.54, 1.807) is 5.38 Å². The standard InChI is InChI=1S/C15H23N3O3S2/c1-10(2)7-16-8-11-3-4-13(19)18(11)5-6-22-15-17-12(9-23-15)14(20)21/h9-11,16H,3-8H2,1-2H3,(H,20,21). The number of thiazole rings is 1. The summed E-state index contributed by atoms with van der Waals surface area (Å²) in [4.78, 5) is 28.8. The van der Waals surface area contributed by atoms with Crippen LogP contribution in [0.3, 0.4) is 0 Å². The topological polar surface area (TPSA) is 82.5 Å². The third kappa shape index (κ3) is 5.47. The summed E-state index contributed by atoms with van der Waals surface area (Å²) in [6.45, 7) is 6.82. The van der Waals surface area contributed by atoms with Crippen molar-refractivity contribution in [1.82, 2.24) is 15.2 Å². The molecule has 1 saturated heterocycles. The van der Waals surface area contributed by atoms with E-state index in [1.807, 2.05) is 4.90 Å². The van der Waals surface area contributed by atoms with Gasteiger partial charge in [0.25, 0.3) is 0 Å². The molecule has 1 unspecified atom stereocenters. The molecule has 0 aliphatic carbocycles. The van der Waals surface area contributed by atoms with Gasteiger partial charge in [-0.3, -0.25) is 4.79 Å². The van der Waals surface area contributed by atoms with Crippen LogP contribution in [0.2, 0.25) is 0 Å². The largest absolute Gasteiger partial charge is 0.476 e. The molecule has 128 valence electrons. The average molecular weight is 358 g/mol. The number of amides is 1. The van der Waals surface area contributed by atoms with E-state index >= 15 is 0 Å². The first-order chi connectivity index (χ1) is 11.0. The van der Waals surface area contributed by atoms with Gasteiger partial charge >= 0.3 is 5.97 Å². The maximum atomic E-state index is 12.0. The van der Waals surface area contributed by atoms with Crippen LogP contribution in [0.5, 0.6) is 0 Å². The zero-order chi connectivity index (χ0) is 16.8. The van der Waals surface area contributed by atoms with Gasteiger partial charge in [-0.25, -0.2) is 9.78 Å². The van der Waals surface area contributed by atoms with Crippen LogP contribution in [0.4, 0.5) is 0 Å². The monoisotopic (exact) mass is 357 g/mol. The first-order valence-electron chi connectivity index (χ1n) is 7.79. The Kier molecular flexibility index (Phi) is 6.86. The summed E-state index contributed by atoms with van der Waals surface area (Å²) in [5.74, 6) is 0.551. The fourth-order valence-corrected chi connectivity index (χ4v) is 4.31. The van der Waals surface area contributed by atoms with Crippen molar-refractivity contribution in [2.24, 2.45) is 5.92 Å². The predicted molar refractivity (Wildman–Crippen MR) is 92.2 cm³/mol. The molecule has 2 N–H and O–H groups in total. The molecule has 0 spiro atoms. The minimum atomic E-state index is -1.00. The molecule has 1 aliphatic rings. The highest BCUT2D eigenvalue weighted by atomic mass is 32.2. The minimum Gasteiger partial charge on any atom is -0.476 e. The number of likely N-dealkylation sites (tertiary alicyclic amines) is 1. The maximum absolute atomic E-state index is 12.0. The molecule has 0 radical (unpaired) electrons. The second kappa shape index (κ2) is 8.65. The number of hydrogen-bond donors (Lipinski definition) is 2. The van der Waals surface area contributed by atoms with E-state index in [0.29, 0.717) is 18.9 Å². The Morgan fingerprint density at radius 3 is 3.04 bits per heavy atom. The van der Waals surface area contributed by atoms with Crippen molar-refractivity contribution in [2.45, 2.75) is 37.1 Å². The molecular formula is C15H23N3O3S2. The molecule has 1 aromatic heterocycles.